The third-order valence-electron chi connectivity index (χ3n) is 1.72. The molecule has 16 heavy (non-hydrogen) atoms. The molecule has 5 nitrogen and oxygen atoms in total. The van der Waals surface area contributed by atoms with Crippen LogP contribution in [-0.2, 0) is 0 Å². The van der Waals surface area contributed by atoms with E-state index in [1.807, 2.05) is 0 Å². The van der Waals surface area contributed by atoms with Gasteiger partial charge in [-0.3, -0.25) is 0 Å². The monoisotopic (exact) mass is 231 g/mol. The van der Waals surface area contributed by atoms with Gasteiger partial charge in [-0.2, -0.15) is 0 Å². The third-order valence-corrected chi connectivity index (χ3v) is 2.01. The van der Waals surface area contributed by atoms with Gasteiger partial charge in [0.2, 0.25) is 0 Å². The molecule has 2 rings (SSSR count). The van der Waals surface area contributed by atoms with Gasteiger partial charge in [-0.1, -0.05) is 23.4 Å². The number of nitrogens with two attached hydrogens (primary N) is 1. The maximum Gasteiger partial charge on any atom is 0.150 e. The van der Waals surface area contributed by atoms with Crippen molar-refractivity contribution in [2.75, 3.05) is 5.73 Å². The van der Waals surface area contributed by atoms with Gasteiger partial charge in [-0.15, -0.1) is 0 Å². The fourth-order valence-corrected chi connectivity index (χ4v) is 1.18. The Morgan fingerprint density at radius 1 is 1.06 bits per heavy atom. The molecule has 2 aromatic heterocycles. The van der Waals surface area contributed by atoms with Crippen LogP contribution < -0.4 is 5.73 Å². The molecule has 0 unspecified atom stereocenters. The molecule has 2 heterocycles. The SMILES string of the molecule is Nc1ncnc(Cl)c1C#Cc1cncnc1. The van der Waals surface area contributed by atoms with E-state index in [4.69, 9.17) is 17.3 Å². The molecular weight excluding hydrogens is 226 g/mol. The minimum atomic E-state index is 0.233. The molecule has 0 saturated heterocycles. The first-order valence-corrected chi connectivity index (χ1v) is 4.68. The molecule has 6 heteroatoms. The van der Waals surface area contributed by atoms with E-state index in [0.29, 0.717) is 11.1 Å². The Labute approximate surface area is 96.7 Å². The topological polar surface area (TPSA) is 77.6 Å². The Bertz CT molecular complexity index is 538. The lowest BCUT2D eigenvalue weighted by atomic mass is 10.2. The molecule has 0 radical (unpaired) electrons. The first-order chi connectivity index (χ1) is 7.77. The van der Waals surface area contributed by atoms with Crippen molar-refractivity contribution in [3.05, 3.63) is 41.3 Å². The summed E-state index contributed by atoms with van der Waals surface area (Å²) in [6.45, 7) is 0. The third kappa shape index (κ3) is 2.24. The van der Waals surface area contributed by atoms with Gasteiger partial charge in [0.25, 0.3) is 0 Å². The predicted molar refractivity (Wildman–Crippen MR) is 59.5 cm³/mol. The number of anilines is 1. The smallest absolute Gasteiger partial charge is 0.150 e. The Morgan fingerprint density at radius 3 is 2.50 bits per heavy atom. The molecule has 2 aromatic rings. The molecule has 0 aromatic carbocycles. The number of hydrogen-bond donors (Lipinski definition) is 1. The molecule has 0 fully saturated rings. The summed E-state index contributed by atoms with van der Waals surface area (Å²) in [6.07, 6.45) is 5.90. The van der Waals surface area contributed by atoms with Crippen molar-refractivity contribution in [3.63, 3.8) is 0 Å². The number of halogens is 1. The van der Waals surface area contributed by atoms with E-state index >= 15 is 0 Å². The molecule has 0 saturated carbocycles. The molecule has 2 N–H and O–H groups in total. The van der Waals surface area contributed by atoms with Gasteiger partial charge in [0.15, 0.2) is 0 Å². The average Bonchev–Trinajstić information content (AvgIpc) is 2.30. The van der Waals surface area contributed by atoms with Crippen molar-refractivity contribution in [2.24, 2.45) is 0 Å². The highest BCUT2D eigenvalue weighted by Crippen LogP contribution is 2.15. The summed E-state index contributed by atoms with van der Waals surface area (Å²) in [4.78, 5) is 15.3. The number of nitrogen functional groups attached to an aromatic ring is 1. The second-order valence-corrected chi connectivity index (χ2v) is 3.16. The van der Waals surface area contributed by atoms with E-state index in [9.17, 15) is 0 Å². The van der Waals surface area contributed by atoms with Crippen LogP contribution in [0.5, 0.6) is 0 Å². The van der Waals surface area contributed by atoms with Crippen LogP contribution in [0.1, 0.15) is 11.1 Å². The minimum absolute atomic E-state index is 0.233. The Balaban J connectivity index is 2.39. The summed E-state index contributed by atoms with van der Waals surface area (Å²) in [5.74, 6) is 5.86. The van der Waals surface area contributed by atoms with Gasteiger partial charge >= 0.3 is 0 Å². The Morgan fingerprint density at radius 2 is 1.81 bits per heavy atom. The maximum absolute atomic E-state index is 5.83. The van der Waals surface area contributed by atoms with Crippen LogP contribution in [0.15, 0.2) is 25.0 Å². The number of rotatable bonds is 0. The first-order valence-electron chi connectivity index (χ1n) is 4.30. The standard InChI is InChI=1S/C10H6ClN5/c11-9-8(10(12)16-6-15-9)2-1-7-3-13-5-14-4-7/h3-6H,(H2,12,15,16). The largest absolute Gasteiger partial charge is 0.383 e. The quantitative estimate of drug-likeness (QED) is 0.539. The highest BCUT2D eigenvalue weighted by atomic mass is 35.5. The van der Waals surface area contributed by atoms with Crippen molar-refractivity contribution in [3.8, 4) is 11.8 Å². The lowest BCUT2D eigenvalue weighted by Gasteiger charge is -1.97. The van der Waals surface area contributed by atoms with E-state index in [1.165, 1.54) is 12.7 Å². The van der Waals surface area contributed by atoms with Crippen molar-refractivity contribution in [2.45, 2.75) is 0 Å². The summed E-state index contributed by atoms with van der Waals surface area (Å²) < 4.78 is 0. The predicted octanol–water partition coefficient (Wildman–Crippen LogP) is 0.902. The van der Waals surface area contributed by atoms with Crippen LogP contribution in [0.2, 0.25) is 5.15 Å². The van der Waals surface area contributed by atoms with Gasteiger partial charge < -0.3 is 5.73 Å². The summed E-state index contributed by atoms with van der Waals surface area (Å²) >= 11 is 5.83. The van der Waals surface area contributed by atoms with Gasteiger partial charge in [0.1, 0.15) is 29.2 Å². The fourth-order valence-electron chi connectivity index (χ4n) is 0.990. The van der Waals surface area contributed by atoms with Crippen molar-refractivity contribution < 1.29 is 0 Å². The molecule has 0 spiro atoms. The van der Waals surface area contributed by atoms with E-state index in [2.05, 4.69) is 31.8 Å². The normalized spacial score (nSPS) is 9.31. The zero-order valence-corrected chi connectivity index (χ0v) is 8.81. The van der Waals surface area contributed by atoms with Crippen molar-refractivity contribution in [1.29, 1.82) is 0 Å². The minimum Gasteiger partial charge on any atom is -0.383 e. The van der Waals surface area contributed by atoms with Gasteiger partial charge in [0, 0.05) is 12.4 Å². The number of aromatic nitrogens is 4. The Kier molecular flexibility index (Phi) is 2.94. The highest BCUT2D eigenvalue weighted by Gasteiger charge is 2.02. The lowest BCUT2D eigenvalue weighted by Crippen LogP contribution is -1.96. The second kappa shape index (κ2) is 4.55. The van der Waals surface area contributed by atoms with Crippen LogP contribution in [0.25, 0.3) is 0 Å². The van der Waals surface area contributed by atoms with E-state index < -0.39 is 0 Å². The summed E-state index contributed by atoms with van der Waals surface area (Å²) in [5, 5.41) is 0.233. The van der Waals surface area contributed by atoms with Crippen LogP contribution >= 0.6 is 11.6 Å². The molecule has 0 aliphatic rings. The fraction of sp³-hybridized carbons (Fsp3) is 0. The van der Waals surface area contributed by atoms with Crippen molar-refractivity contribution >= 4 is 17.4 Å². The van der Waals surface area contributed by atoms with Crippen LogP contribution in [0.3, 0.4) is 0 Å². The zero-order valence-electron chi connectivity index (χ0n) is 8.05. The van der Waals surface area contributed by atoms with E-state index in [0.717, 1.165) is 0 Å². The van der Waals surface area contributed by atoms with Gasteiger partial charge in [0.05, 0.1) is 5.56 Å². The molecule has 0 aliphatic carbocycles. The molecular formula is C10H6ClN5. The summed E-state index contributed by atoms with van der Waals surface area (Å²) in [7, 11) is 0. The molecule has 0 aliphatic heterocycles. The maximum atomic E-state index is 5.83. The van der Waals surface area contributed by atoms with Gasteiger partial charge in [-0.05, 0) is 0 Å². The van der Waals surface area contributed by atoms with Crippen molar-refractivity contribution in [1.82, 2.24) is 19.9 Å². The highest BCUT2D eigenvalue weighted by molar-refractivity contribution is 6.30. The number of hydrogen-bond acceptors (Lipinski definition) is 5. The van der Waals surface area contributed by atoms with E-state index in [1.54, 1.807) is 12.4 Å². The molecule has 0 atom stereocenters. The van der Waals surface area contributed by atoms with Crippen LogP contribution in [0, 0.1) is 11.8 Å². The zero-order chi connectivity index (χ0) is 11.4. The molecule has 0 amide bonds. The first kappa shape index (κ1) is 10.3. The van der Waals surface area contributed by atoms with Gasteiger partial charge in [-0.25, -0.2) is 19.9 Å². The Hall–Kier alpha value is -2.19. The average molecular weight is 232 g/mol. The molecule has 0 bridgehead atoms. The van der Waals surface area contributed by atoms with Crippen LogP contribution in [0.4, 0.5) is 5.82 Å². The summed E-state index contributed by atoms with van der Waals surface area (Å²) in [5.41, 5.74) is 6.69. The molecule has 78 valence electrons. The van der Waals surface area contributed by atoms with Crippen LogP contribution in [-0.4, -0.2) is 19.9 Å². The van der Waals surface area contributed by atoms with E-state index in [-0.39, 0.29) is 11.0 Å². The second-order valence-electron chi connectivity index (χ2n) is 2.80. The summed E-state index contributed by atoms with van der Waals surface area (Å²) in [6, 6.07) is 0. The number of nitrogens with zero attached hydrogens (tertiary/aromatic N) is 4. The lowest BCUT2D eigenvalue weighted by molar-refractivity contribution is 1.15.